The number of hydrogen-bond donors (Lipinski definition) is 0. The Balaban J connectivity index is 1.87. The summed E-state index contributed by atoms with van der Waals surface area (Å²) in [6.45, 7) is 0. The van der Waals surface area contributed by atoms with Crippen molar-refractivity contribution in [3.05, 3.63) is 59.4 Å². The molecule has 0 aromatic heterocycles. The van der Waals surface area contributed by atoms with Gasteiger partial charge in [-0.1, -0.05) is 18.6 Å². The van der Waals surface area contributed by atoms with E-state index in [4.69, 9.17) is 9.47 Å². The van der Waals surface area contributed by atoms with Crippen molar-refractivity contribution in [3.8, 4) is 11.5 Å². The van der Waals surface area contributed by atoms with Crippen LogP contribution in [-0.2, 0) is 14.9 Å². The van der Waals surface area contributed by atoms with Crippen molar-refractivity contribution in [1.82, 2.24) is 0 Å². The Hall–Kier alpha value is -2.89. The molecule has 5 nitrogen and oxygen atoms in total. The van der Waals surface area contributed by atoms with Crippen molar-refractivity contribution in [1.29, 1.82) is 0 Å². The van der Waals surface area contributed by atoms with E-state index in [-0.39, 0.29) is 17.3 Å². The Bertz CT molecular complexity index is 825. The lowest BCUT2D eigenvalue weighted by molar-refractivity contribution is -0.144. The monoisotopic (exact) mass is 358 g/mol. The highest BCUT2D eigenvalue weighted by atomic mass is 19.1. The number of carbonyl (C=O) groups excluding carboxylic acids is 2. The van der Waals surface area contributed by atoms with Crippen molar-refractivity contribution >= 4 is 11.9 Å². The third-order valence-electron chi connectivity index (χ3n) is 4.78. The zero-order valence-corrected chi connectivity index (χ0v) is 14.6. The second kappa shape index (κ2) is 7.15. The van der Waals surface area contributed by atoms with Crippen LogP contribution in [0.15, 0.2) is 42.5 Å². The first kappa shape index (κ1) is 17.9. The average Bonchev–Trinajstić information content (AvgIpc) is 2.62. The fourth-order valence-electron chi connectivity index (χ4n) is 3.10. The van der Waals surface area contributed by atoms with Crippen LogP contribution in [0.4, 0.5) is 4.39 Å². The zero-order chi connectivity index (χ0) is 18.7. The van der Waals surface area contributed by atoms with Gasteiger partial charge in [0.05, 0.1) is 25.2 Å². The van der Waals surface area contributed by atoms with Crippen LogP contribution in [0.3, 0.4) is 0 Å². The summed E-state index contributed by atoms with van der Waals surface area (Å²) in [5.74, 6) is -0.799. The number of rotatable bonds is 5. The maximum atomic E-state index is 13.2. The van der Waals surface area contributed by atoms with Gasteiger partial charge in [0.25, 0.3) is 0 Å². The van der Waals surface area contributed by atoms with E-state index < -0.39 is 17.4 Å². The molecule has 0 atom stereocenters. The summed E-state index contributed by atoms with van der Waals surface area (Å²) in [6.07, 6.45) is 2.17. The number of halogens is 1. The van der Waals surface area contributed by atoms with Gasteiger partial charge in [-0.2, -0.15) is 0 Å². The lowest BCUT2D eigenvalue weighted by Gasteiger charge is -2.39. The van der Waals surface area contributed by atoms with E-state index in [0.717, 1.165) is 12.0 Å². The van der Waals surface area contributed by atoms with Crippen molar-refractivity contribution in [2.24, 2.45) is 0 Å². The van der Waals surface area contributed by atoms with Gasteiger partial charge < -0.3 is 14.2 Å². The first-order valence-electron chi connectivity index (χ1n) is 8.25. The second-order valence-electron chi connectivity index (χ2n) is 6.19. The van der Waals surface area contributed by atoms with Gasteiger partial charge in [0.1, 0.15) is 5.82 Å². The molecule has 0 N–H and O–H groups in total. The molecule has 1 fully saturated rings. The summed E-state index contributed by atoms with van der Waals surface area (Å²) < 4.78 is 28.7. The number of carbonyl (C=O) groups is 2. The Morgan fingerprint density at radius 1 is 1.00 bits per heavy atom. The van der Waals surface area contributed by atoms with E-state index in [1.807, 2.05) is 0 Å². The maximum absolute atomic E-state index is 13.2. The average molecular weight is 358 g/mol. The SMILES string of the molecule is COC(=O)c1ccc(OC(=O)C2(c3ccc(F)cc3)CCC2)c(OC)c1. The minimum absolute atomic E-state index is 0.221. The van der Waals surface area contributed by atoms with Crippen molar-refractivity contribution in [2.45, 2.75) is 24.7 Å². The molecule has 3 rings (SSSR count). The standard InChI is InChI=1S/C20H19FO5/c1-24-17-12-13(18(22)25-2)4-9-16(17)26-19(23)20(10-3-11-20)14-5-7-15(21)8-6-14/h4-9,12H,3,10-11H2,1-2H3. The smallest absolute Gasteiger partial charge is 0.337 e. The molecule has 136 valence electrons. The minimum Gasteiger partial charge on any atom is -0.493 e. The molecule has 2 aromatic carbocycles. The van der Waals surface area contributed by atoms with Crippen molar-refractivity contribution < 1.29 is 28.2 Å². The number of benzene rings is 2. The van der Waals surface area contributed by atoms with Crippen LogP contribution in [-0.4, -0.2) is 26.2 Å². The Morgan fingerprint density at radius 3 is 2.23 bits per heavy atom. The summed E-state index contributed by atoms with van der Waals surface area (Å²) in [7, 11) is 2.71. The van der Waals surface area contributed by atoms with Crippen LogP contribution in [0, 0.1) is 5.82 Å². The highest BCUT2D eigenvalue weighted by molar-refractivity contribution is 5.91. The molecule has 1 aliphatic rings. The fraction of sp³-hybridized carbons (Fsp3) is 0.300. The van der Waals surface area contributed by atoms with Crippen LogP contribution < -0.4 is 9.47 Å². The number of hydrogen-bond acceptors (Lipinski definition) is 5. The molecule has 1 aliphatic carbocycles. The van der Waals surface area contributed by atoms with E-state index in [0.29, 0.717) is 18.4 Å². The van der Waals surface area contributed by atoms with Gasteiger partial charge in [-0.25, -0.2) is 9.18 Å². The van der Waals surface area contributed by atoms with Gasteiger partial charge in [-0.15, -0.1) is 0 Å². The largest absolute Gasteiger partial charge is 0.493 e. The van der Waals surface area contributed by atoms with E-state index >= 15 is 0 Å². The van der Waals surface area contributed by atoms with Crippen LogP contribution in [0.5, 0.6) is 11.5 Å². The molecule has 0 saturated heterocycles. The summed E-state index contributed by atoms with van der Waals surface area (Å²) in [5.41, 5.74) is 0.251. The van der Waals surface area contributed by atoms with Gasteiger partial charge in [-0.3, -0.25) is 4.79 Å². The molecule has 0 heterocycles. The highest BCUT2D eigenvalue weighted by Gasteiger charge is 2.47. The summed E-state index contributed by atoms with van der Waals surface area (Å²) in [5, 5.41) is 0. The summed E-state index contributed by atoms with van der Waals surface area (Å²) >= 11 is 0. The molecule has 26 heavy (non-hydrogen) atoms. The van der Waals surface area contributed by atoms with Crippen LogP contribution >= 0.6 is 0 Å². The molecule has 6 heteroatoms. The molecule has 0 unspecified atom stereocenters. The minimum atomic E-state index is -0.778. The molecule has 0 radical (unpaired) electrons. The normalized spacial score (nSPS) is 14.9. The molecular weight excluding hydrogens is 339 g/mol. The topological polar surface area (TPSA) is 61.8 Å². The molecule has 0 amide bonds. The molecule has 1 saturated carbocycles. The summed E-state index contributed by atoms with van der Waals surface area (Å²) in [4.78, 5) is 24.5. The number of methoxy groups -OCH3 is 2. The van der Waals surface area contributed by atoms with E-state index in [1.54, 1.807) is 12.1 Å². The first-order chi connectivity index (χ1) is 12.5. The highest BCUT2D eigenvalue weighted by Crippen LogP contribution is 2.45. The molecule has 2 aromatic rings. The van der Waals surface area contributed by atoms with Crippen LogP contribution in [0.25, 0.3) is 0 Å². The van der Waals surface area contributed by atoms with Crippen LogP contribution in [0.1, 0.15) is 35.2 Å². The van der Waals surface area contributed by atoms with Gasteiger partial charge in [0.15, 0.2) is 11.5 Å². The molecular formula is C20H19FO5. The Labute approximate surface area is 150 Å². The quantitative estimate of drug-likeness (QED) is 0.603. The van der Waals surface area contributed by atoms with Crippen molar-refractivity contribution in [3.63, 3.8) is 0 Å². The number of ether oxygens (including phenoxy) is 3. The number of esters is 2. The van der Waals surface area contributed by atoms with E-state index in [1.165, 1.54) is 44.6 Å². The third-order valence-corrected chi connectivity index (χ3v) is 4.78. The summed E-state index contributed by atoms with van der Waals surface area (Å²) in [6, 6.07) is 10.4. The predicted octanol–water partition coefficient (Wildman–Crippen LogP) is 3.65. The first-order valence-corrected chi connectivity index (χ1v) is 8.25. The van der Waals surface area contributed by atoms with E-state index in [2.05, 4.69) is 4.74 Å². The molecule has 0 spiro atoms. The molecule has 0 aliphatic heterocycles. The van der Waals surface area contributed by atoms with Gasteiger partial charge in [-0.05, 0) is 48.7 Å². The maximum Gasteiger partial charge on any atom is 0.337 e. The van der Waals surface area contributed by atoms with Gasteiger partial charge in [0.2, 0.25) is 0 Å². The lowest BCUT2D eigenvalue weighted by Crippen LogP contribution is -2.45. The van der Waals surface area contributed by atoms with Crippen molar-refractivity contribution in [2.75, 3.05) is 14.2 Å². The zero-order valence-electron chi connectivity index (χ0n) is 14.6. The second-order valence-corrected chi connectivity index (χ2v) is 6.19. The lowest BCUT2D eigenvalue weighted by atomic mass is 9.64. The predicted molar refractivity (Wildman–Crippen MR) is 91.9 cm³/mol. The molecule has 0 bridgehead atoms. The Morgan fingerprint density at radius 2 is 1.69 bits per heavy atom. The van der Waals surface area contributed by atoms with Gasteiger partial charge >= 0.3 is 11.9 Å². The third kappa shape index (κ3) is 3.14. The van der Waals surface area contributed by atoms with Crippen LogP contribution in [0.2, 0.25) is 0 Å². The van der Waals surface area contributed by atoms with Gasteiger partial charge in [0, 0.05) is 0 Å². The fourth-order valence-corrected chi connectivity index (χ4v) is 3.10. The van der Waals surface area contributed by atoms with E-state index in [9.17, 15) is 14.0 Å². The Kier molecular flexibility index (Phi) is 4.93.